The molecule has 0 aromatic heterocycles. The molecule has 0 aliphatic carbocycles. The number of likely N-dealkylation sites (N-methyl/N-ethyl adjacent to an activating group) is 1. The zero-order valence-corrected chi connectivity index (χ0v) is 12.4. The lowest BCUT2D eigenvalue weighted by Crippen LogP contribution is -2.42. The first-order chi connectivity index (χ1) is 7.86. The quantitative estimate of drug-likeness (QED) is 0.872. The molecule has 17 heavy (non-hydrogen) atoms. The number of hydrogen-bond acceptors (Lipinski definition) is 2. The topological polar surface area (TPSA) is 46.3 Å². The van der Waals surface area contributed by atoms with E-state index < -0.39 is 0 Å². The lowest BCUT2D eigenvalue weighted by atomic mass is 10.1. The number of thiocarbonyl (C=S) groups is 1. The minimum Gasteiger partial charge on any atom is -0.392 e. The summed E-state index contributed by atoms with van der Waals surface area (Å²) < 4.78 is 0.916. The zero-order chi connectivity index (χ0) is 13.2. The summed E-state index contributed by atoms with van der Waals surface area (Å²) in [6, 6.07) is 5.29. The highest BCUT2D eigenvalue weighted by molar-refractivity contribution is 9.10. The summed E-state index contributed by atoms with van der Waals surface area (Å²) in [5, 5.41) is 0. The first-order valence-electron chi connectivity index (χ1n) is 5.17. The van der Waals surface area contributed by atoms with Gasteiger partial charge in [0.25, 0.3) is 5.91 Å². The molecule has 0 radical (unpaired) electrons. The molecule has 92 valence electrons. The van der Waals surface area contributed by atoms with Gasteiger partial charge in [-0.15, -0.1) is 0 Å². The van der Waals surface area contributed by atoms with Crippen LogP contribution in [0.1, 0.15) is 22.8 Å². The predicted molar refractivity (Wildman–Crippen MR) is 77.2 cm³/mol. The van der Waals surface area contributed by atoms with E-state index in [2.05, 4.69) is 15.9 Å². The number of carbonyl (C=O) groups excluding carboxylic acids is 1. The normalized spacial score (nSPS) is 12.0. The molecule has 0 fully saturated rings. The van der Waals surface area contributed by atoms with Crippen molar-refractivity contribution in [3.8, 4) is 0 Å². The van der Waals surface area contributed by atoms with E-state index in [0.717, 1.165) is 10.0 Å². The smallest absolute Gasteiger partial charge is 0.254 e. The van der Waals surface area contributed by atoms with Crippen LogP contribution >= 0.6 is 28.1 Å². The highest BCUT2D eigenvalue weighted by Gasteiger charge is 2.21. The molecule has 0 bridgehead atoms. The average Bonchev–Trinajstić information content (AvgIpc) is 2.29. The number of carbonyl (C=O) groups is 1. The maximum absolute atomic E-state index is 12.3. The zero-order valence-electron chi connectivity index (χ0n) is 10.0. The third-order valence-corrected chi connectivity index (χ3v) is 4.01. The Labute approximate surface area is 115 Å². The van der Waals surface area contributed by atoms with Crippen molar-refractivity contribution >= 4 is 39.0 Å². The number of halogens is 1. The maximum atomic E-state index is 12.3. The van der Waals surface area contributed by atoms with Gasteiger partial charge < -0.3 is 10.6 Å². The Morgan fingerprint density at radius 3 is 2.65 bits per heavy atom. The molecule has 1 unspecified atom stereocenters. The molecule has 0 heterocycles. The van der Waals surface area contributed by atoms with Crippen molar-refractivity contribution in [3.05, 3.63) is 33.8 Å². The number of amides is 1. The molecule has 1 aromatic carbocycles. The first-order valence-corrected chi connectivity index (χ1v) is 6.38. The fourth-order valence-corrected chi connectivity index (χ4v) is 1.92. The van der Waals surface area contributed by atoms with E-state index in [0.29, 0.717) is 10.6 Å². The van der Waals surface area contributed by atoms with Crippen LogP contribution in [0.2, 0.25) is 0 Å². The van der Waals surface area contributed by atoms with Gasteiger partial charge in [-0.3, -0.25) is 4.79 Å². The van der Waals surface area contributed by atoms with E-state index >= 15 is 0 Å². The van der Waals surface area contributed by atoms with Crippen LogP contribution < -0.4 is 5.73 Å². The summed E-state index contributed by atoms with van der Waals surface area (Å²) in [5.41, 5.74) is 7.12. The Hall–Kier alpha value is -0.940. The molecule has 1 aromatic rings. The Bertz CT molecular complexity index is 462. The third-order valence-electron chi connectivity index (χ3n) is 2.81. The number of benzene rings is 1. The molecule has 0 aliphatic heterocycles. The van der Waals surface area contributed by atoms with Crippen molar-refractivity contribution in [2.24, 2.45) is 5.73 Å². The molecular weight excluding hydrogens is 300 g/mol. The van der Waals surface area contributed by atoms with Crippen molar-refractivity contribution in [2.75, 3.05) is 7.05 Å². The Balaban J connectivity index is 3.05. The Morgan fingerprint density at radius 2 is 2.12 bits per heavy atom. The molecule has 0 aliphatic rings. The van der Waals surface area contributed by atoms with E-state index in [1.54, 1.807) is 18.0 Å². The largest absolute Gasteiger partial charge is 0.392 e. The summed E-state index contributed by atoms with van der Waals surface area (Å²) in [6.07, 6.45) is 0. The van der Waals surface area contributed by atoms with Crippen LogP contribution in [-0.2, 0) is 0 Å². The van der Waals surface area contributed by atoms with Crippen molar-refractivity contribution < 1.29 is 4.79 Å². The second kappa shape index (κ2) is 5.60. The van der Waals surface area contributed by atoms with Gasteiger partial charge >= 0.3 is 0 Å². The number of nitrogens with zero attached hydrogens (tertiary/aromatic N) is 1. The van der Waals surface area contributed by atoms with Crippen LogP contribution in [-0.4, -0.2) is 28.9 Å². The number of hydrogen-bond donors (Lipinski definition) is 1. The fraction of sp³-hybridized carbons (Fsp3) is 0.333. The van der Waals surface area contributed by atoms with E-state index in [4.69, 9.17) is 18.0 Å². The maximum Gasteiger partial charge on any atom is 0.254 e. The second-order valence-corrected chi connectivity index (χ2v) is 5.23. The van der Waals surface area contributed by atoms with Gasteiger partial charge in [0.1, 0.15) is 0 Å². The van der Waals surface area contributed by atoms with Crippen molar-refractivity contribution in [2.45, 2.75) is 19.9 Å². The molecule has 0 saturated carbocycles. The van der Waals surface area contributed by atoms with E-state index in [-0.39, 0.29) is 11.9 Å². The summed E-state index contributed by atoms with van der Waals surface area (Å²) >= 11 is 8.31. The van der Waals surface area contributed by atoms with Crippen LogP contribution in [0.3, 0.4) is 0 Å². The van der Waals surface area contributed by atoms with Crippen LogP contribution in [0.25, 0.3) is 0 Å². The second-order valence-electron chi connectivity index (χ2n) is 3.91. The van der Waals surface area contributed by atoms with Gasteiger partial charge in [-0.25, -0.2) is 0 Å². The standard InChI is InChI=1S/C12H15BrN2OS/c1-7-9(5-4-6-10(7)13)12(16)15(3)8(2)11(14)17/h4-6,8H,1-3H3,(H2,14,17). The minimum atomic E-state index is -0.254. The van der Waals surface area contributed by atoms with E-state index in [9.17, 15) is 4.79 Å². The first kappa shape index (κ1) is 14.1. The SMILES string of the molecule is Cc1c(Br)cccc1C(=O)N(C)C(C)C(N)=S. The van der Waals surface area contributed by atoms with Gasteiger partial charge in [0, 0.05) is 17.1 Å². The van der Waals surface area contributed by atoms with Gasteiger partial charge in [0.15, 0.2) is 0 Å². The highest BCUT2D eigenvalue weighted by atomic mass is 79.9. The molecule has 2 N–H and O–H groups in total. The molecule has 0 spiro atoms. The summed E-state index contributed by atoms with van der Waals surface area (Å²) in [7, 11) is 1.70. The fourth-order valence-electron chi connectivity index (χ4n) is 1.40. The van der Waals surface area contributed by atoms with Crippen LogP contribution in [0.4, 0.5) is 0 Å². The Kier molecular flexibility index (Phi) is 4.65. The average molecular weight is 315 g/mol. The lowest BCUT2D eigenvalue weighted by Gasteiger charge is -2.24. The van der Waals surface area contributed by atoms with Crippen molar-refractivity contribution in [3.63, 3.8) is 0 Å². The van der Waals surface area contributed by atoms with Gasteiger partial charge in [-0.2, -0.15) is 0 Å². The third kappa shape index (κ3) is 3.04. The molecule has 1 amide bonds. The van der Waals surface area contributed by atoms with Gasteiger partial charge in [0.05, 0.1) is 11.0 Å². The molecule has 3 nitrogen and oxygen atoms in total. The molecule has 5 heteroatoms. The number of nitrogens with two attached hydrogens (primary N) is 1. The van der Waals surface area contributed by atoms with Crippen molar-refractivity contribution in [1.29, 1.82) is 0 Å². The van der Waals surface area contributed by atoms with Crippen molar-refractivity contribution in [1.82, 2.24) is 4.90 Å². The van der Waals surface area contributed by atoms with Crippen LogP contribution in [0.15, 0.2) is 22.7 Å². The van der Waals surface area contributed by atoms with E-state index in [1.165, 1.54) is 0 Å². The van der Waals surface area contributed by atoms with Crippen LogP contribution in [0.5, 0.6) is 0 Å². The van der Waals surface area contributed by atoms with Gasteiger partial charge in [-0.1, -0.05) is 34.2 Å². The predicted octanol–water partition coefficient (Wildman–Crippen LogP) is 2.50. The van der Waals surface area contributed by atoms with Gasteiger partial charge in [-0.05, 0) is 31.5 Å². The highest BCUT2D eigenvalue weighted by Crippen LogP contribution is 2.21. The lowest BCUT2D eigenvalue weighted by molar-refractivity contribution is 0.0778. The van der Waals surface area contributed by atoms with Crippen LogP contribution in [0, 0.1) is 6.92 Å². The van der Waals surface area contributed by atoms with Gasteiger partial charge in [0.2, 0.25) is 0 Å². The Morgan fingerprint density at radius 1 is 1.53 bits per heavy atom. The molecular formula is C12H15BrN2OS. The number of rotatable bonds is 3. The summed E-state index contributed by atoms with van der Waals surface area (Å²) in [4.78, 5) is 14.1. The molecule has 1 atom stereocenters. The monoisotopic (exact) mass is 314 g/mol. The summed E-state index contributed by atoms with van der Waals surface area (Å²) in [5.74, 6) is -0.0795. The van der Waals surface area contributed by atoms with E-state index in [1.807, 2.05) is 26.0 Å². The minimum absolute atomic E-state index is 0.0795. The summed E-state index contributed by atoms with van der Waals surface area (Å²) in [6.45, 7) is 3.71. The molecule has 1 rings (SSSR count). The molecule has 0 saturated heterocycles.